The number of carbonyl (C=O) groups is 1. The van der Waals surface area contributed by atoms with E-state index in [9.17, 15) is 18.8 Å². The maximum Gasteiger partial charge on any atom is 0.333 e. The Balaban J connectivity index is 1.59. The Hall–Kier alpha value is -3.52. The van der Waals surface area contributed by atoms with Crippen molar-refractivity contribution in [2.45, 2.75) is 38.6 Å². The van der Waals surface area contributed by atoms with Gasteiger partial charge in [0.05, 0.1) is 6.20 Å². The van der Waals surface area contributed by atoms with E-state index in [-0.39, 0.29) is 0 Å². The number of benzene rings is 2. The summed E-state index contributed by atoms with van der Waals surface area (Å²) in [6.07, 6.45) is 2.13. The average molecular weight is 451 g/mol. The normalized spacial score (nSPS) is 15.5. The number of halogens is 1. The predicted octanol–water partition coefficient (Wildman–Crippen LogP) is 2.73. The van der Waals surface area contributed by atoms with Gasteiger partial charge in [-0.05, 0) is 30.4 Å². The standard InChI is InChI=1S/C25H26FN3O4/c26-21-17-28(23-12-7-15-33-23)25(32)29(24(21)31)18-22(30)27(16-20-10-5-2-6-11-20)14-13-19-8-3-1-4-9-19/h1-6,8-11,17,23H,7,12-16,18H2. The molecule has 0 saturated carbocycles. The van der Waals surface area contributed by atoms with E-state index in [1.54, 1.807) is 4.90 Å². The summed E-state index contributed by atoms with van der Waals surface area (Å²) in [6.45, 7) is 0.628. The van der Waals surface area contributed by atoms with Crippen LogP contribution in [-0.4, -0.2) is 33.1 Å². The lowest BCUT2D eigenvalue weighted by Crippen LogP contribution is -2.46. The summed E-state index contributed by atoms with van der Waals surface area (Å²) < 4.78 is 21.6. The number of ether oxygens (including phenoxy) is 1. The van der Waals surface area contributed by atoms with Crippen molar-refractivity contribution in [2.75, 3.05) is 13.2 Å². The zero-order chi connectivity index (χ0) is 23.2. The van der Waals surface area contributed by atoms with Crippen molar-refractivity contribution < 1.29 is 13.9 Å². The minimum atomic E-state index is -1.11. The summed E-state index contributed by atoms with van der Waals surface area (Å²) in [5.74, 6) is -1.52. The summed E-state index contributed by atoms with van der Waals surface area (Å²) in [5, 5.41) is 0. The van der Waals surface area contributed by atoms with Crippen LogP contribution in [0.25, 0.3) is 0 Å². The monoisotopic (exact) mass is 451 g/mol. The summed E-state index contributed by atoms with van der Waals surface area (Å²) >= 11 is 0. The van der Waals surface area contributed by atoms with Crippen LogP contribution in [0.4, 0.5) is 4.39 Å². The molecule has 0 aliphatic carbocycles. The molecule has 1 atom stereocenters. The zero-order valence-corrected chi connectivity index (χ0v) is 18.2. The van der Waals surface area contributed by atoms with Gasteiger partial charge in [0.25, 0.3) is 5.56 Å². The first kappa shape index (κ1) is 22.7. The smallest absolute Gasteiger partial charge is 0.333 e. The third-order valence-corrected chi connectivity index (χ3v) is 5.75. The fourth-order valence-corrected chi connectivity index (χ4v) is 3.95. The molecule has 4 rings (SSSR count). The van der Waals surface area contributed by atoms with Crippen molar-refractivity contribution >= 4 is 5.91 Å². The van der Waals surface area contributed by atoms with Crippen molar-refractivity contribution in [2.24, 2.45) is 0 Å². The zero-order valence-electron chi connectivity index (χ0n) is 18.2. The molecule has 1 saturated heterocycles. The molecule has 1 aliphatic rings. The second-order valence-electron chi connectivity index (χ2n) is 8.06. The van der Waals surface area contributed by atoms with Crippen LogP contribution in [0.5, 0.6) is 0 Å². The summed E-state index contributed by atoms with van der Waals surface area (Å²) in [6, 6.07) is 19.2. The first-order valence-electron chi connectivity index (χ1n) is 11.0. The highest BCUT2D eigenvalue weighted by atomic mass is 19.1. The predicted molar refractivity (Wildman–Crippen MR) is 121 cm³/mol. The number of nitrogens with zero attached hydrogens (tertiary/aromatic N) is 3. The Kier molecular flexibility index (Phi) is 7.14. The quantitative estimate of drug-likeness (QED) is 0.528. The Labute approximate surface area is 190 Å². The molecule has 0 radical (unpaired) electrons. The van der Waals surface area contributed by atoms with Crippen LogP contribution in [0.1, 0.15) is 30.2 Å². The molecule has 0 N–H and O–H groups in total. The number of rotatable bonds is 8. The van der Waals surface area contributed by atoms with Crippen molar-refractivity contribution in [3.05, 3.63) is 105 Å². The molecule has 3 aromatic rings. The molecular weight excluding hydrogens is 425 g/mol. The molecule has 2 aromatic carbocycles. The van der Waals surface area contributed by atoms with Gasteiger partial charge in [0, 0.05) is 19.7 Å². The van der Waals surface area contributed by atoms with E-state index < -0.39 is 35.7 Å². The minimum absolute atomic E-state index is 0.316. The highest BCUT2D eigenvalue weighted by Crippen LogP contribution is 2.20. The summed E-state index contributed by atoms with van der Waals surface area (Å²) in [7, 11) is 0. The van der Waals surface area contributed by atoms with Crippen LogP contribution in [0.15, 0.2) is 76.4 Å². The number of aromatic nitrogens is 2. The minimum Gasteiger partial charge on any atom is -0.358 e. The molecule has 0 bridgehead atoms. The van der Waals surface area contributed by atoms with Crippen LogP contribution in [0.2, 0.25) is 0 Å². The molecular formula is C25H26FN3O4. The fraction of sp³-hybridized carbons (Fsp3) is 0.320. The van der Waals surface area contributed by atoms with Crippen molar-refractivity contribution in [1.82, 2.24) is 14.0 Å². The van der Waals surface area contributed by atoms with Crippen LogP contribution >= 0.6 is 0 Å². The molecule has 1 aliphatic heterocycles. The second-order valence-corrected chi connectivity index (χ2v) is 8.06. The summed E-state index contributed by atoms with van der Waals surface area (Å²) in [4.78, 5) is 40.2. The molecule has 1 amide bonds. The lowest BCUT2D eigenvalue weighted by atomic mass is 10.1. The molecule has 0 spiro atoms. The average Bonchev–Trinajstić information content (AvgIpc) is 3.37. The third-order valence-electron chi connectivity index (χ3n) is 5.75. The van der Waals surface area contributed by atoms with Crippen LogP contribution in [0, 0.1) is 5.82 Å². The van der Waals surface area contributed by atoms with Crippen molar-refractivity contribution in [1.29, 1.82) is 0 Å². The van der Waals surface area contributed by atoms with Gasteiger partial charge in [0.1, 0.15) is 12.8 Å². The maximum absolute atomic E-state index is 14.4. The maximum atomic E-state index is 14.4. The first-order valence-corrected chi connectivity index (χ1v) is 11.0. The van der Waals surface area contributed by atoms with Gasteiger partial charge in [-0.3, -0.25) is 14.2 Å². The van der Waals surface area contributed by atoms with Crippen molar-refractivity contribution in [3.8, 4) is 0 Å². The van der Waals surface area contributed by atoms with Gasteiger partial charge in [-0.25, -0.2) is 9.36 Å². The Bertz CT molecular complexity index is 1200. The van der Waals surface area contributed by atoms with E-state index >= 15 is 0 Å². The van der Waals surface area contributed by atoms with Gasteiger partial charge < -0.3 is 9.64 Å². The Morgan fingerprint density at radius 2 is 1.70 bits per heavy atom. The van der Waals surface area contributed by atoms with Gasteiger partial charge in [-0.2, -0.15) is 4.39 Å². The van der Waals surface area contributed by atoms with Gasteiger partial charge in [0.2, 0.25) is 11.7 Å². The van der Waals surface area contributed by atoms with Crippen molar-refractivity contribution in [3.63, 3.8) is 0 Å². The van der Waals surface area contributed by atoms with E-state index in [0.717, 1.165) is 28.3 Å². The van der Waals surface area contributed by atoms with E-state index in [1.165, 1.54) is 0 Å². The van der Waals surface area contributed by atoms with Gasteiger partial charge in [-0.15, -0.1) is 0 Å². The van der Waals surface area contributed by atoms with Gasteiger partial charge in [-0.1, -0.05) is 60.7 Å². The molecule has 7 nitrogen and oxygen atoms in total. The van der Waals surface area contributed by atoms with E-state index in [0.29, 0.717) is 37.1 Å². The first-order chi connectivity index (χ1) is 16.0. The largest absolute Gasteiger partial charge is 0.358 e. The van der Waals surface area contributed by atoms with E-state index in [2.05, 4.69) is 0 Å². The van der Waals surface area contributed by atoms with Crippen LogP contribution < -0.4 is 11.2 Å². The number of carbonyl (C=O) groups excluding carboxylic acids is 1. The Morgan fingerprint density at radius 3 is 2.33 bits per heavy atom. The SMILES string of the molecule is O=C(Cn1c(=O)c(F)cn(C2CCCO2)c1=O)N(CCc1ccccc1)Cc1ccccc1. The number of amides is 1. The fourth-order valence-electron chi connectivity index (χ4n) is 3.95. The molecule has 2 heterocycles. The van der Waals surface area contributed by atoms with Crippen LogP contribution in [0.3, 0.4) is 0 Å². The molecule has 33 heavy (non-hydrogen) atoms. The molecule has 8 heteroatoms. The molecule has 1 aromatic heterocycles. The Morgan fingerprint density at radius 1 is 1.03 bits per heavy atom. The molecule has 1 fully saturated rings. The highest BCUT2D eigenvalue weighted by Gasteiger charge is 2.24. The van der Waals surface area contributed by atoms with E-state index in [1.807, 2.05) is 60.7 Å². The van der Waals surface area contributed by atoms with E-state index in [4.69, 9.17) is 4.74 Å². The summed E-state index contributed by atoms with van der Waals surface area (Å²) in [5.41, 5.74) is 0.129. The highest BCUT2D eigenvalue weighted by molar-refractivity contribution is 5.76. The van der Waals surface area contributed by atoms with Gasteiger partial charge >= 0.3 is 5.69 Å². The second kappa shape index (κ2) is 10.4. The van der Waals surface area contributed by atoms with Crippen LogP contribution in [-0.2, 0) is 29.0 Å². The molecule has 172 valence electrons. The lowest BCUT2D eigenvalue weighted by Gasteiger charge is -2.24. The lowest BCUT2D eigenvalue weighted by molar-refractivity contribution is -0.132. The molecule has 1 unspecified atom stereocenters. The third kappa shape index (κ3) is 5.46. The number of hydrogen-bond donors (Lipinski definition) is 0. The van der Waals surface area contributed by atoms with Gasteiger partial charge in [0.15, 0.2) is 0 Å². The number of hydrogen-bond acceptors (Lipinski definition) is 4. The topological polar surface area (TPSA) is 73.5 Å².